The van der Waals surface area contributed by atoms with Crippen molar-refractivity contribution < 1.29 is 57.2 Å². The maximum Gasteiger partial charge on any atom is 0.253 e. The van der Waals surface area contributed by atoms with Gasteiger partial charge in [0, 0.05) is 111 Å². The number of rotatable bonds is 18. The van der Waals surface area contributed by atoms with Crippen LogP contribution in [0.15, 0.2) is 197 Å². The molecule has 144 heavy (non-hydrogen) atoms. The number of aryl methyl sites for hydroxylation is 4. The number of hydrogen-bond donors (Lipinski definition) is 0. The van der Waals surface area contributed by atoms with Crippen LogP contribution in [0.5, 0.6) is 0 Å². The van der Waals surface area contributed by atoms with Crippen LogP contribution < -0.4 is 24.5 Å². The Morgan fingerprint density at radius 2 is 0.618 bits per heavy atom. The van der Waals surface area contributed by atoms with Crippen LogP contribution >= 0.6 is 22.7 Å². The Kier molecular flexibility index (Phi) is 26.3. The van der Waals surface area contributed by atoms with Crippen molar-refractivity contribution in [1.29, 1.82) is 0 Å². The number of fused-ring (bicyclic) bond motifs is 5. The zero-order valence-corrected chi connectivity index (χ0v) is 79.7. The normalized spacial score (nSPS) is 16.9. The fraction of sp³-hybridized carbons (Fsp3) is 0.293. The van der Waals surface area contributed by atoms with Gasteiger partial charge in [0.05, 0.1) is 72.3 Å². The topological polar surface area (TPSA) is 335 Å². The minimum atomic E-state index is -0.448. The van der Waals surface area contributed by atoms with Crippen molar-refractivity contribution in [3.8, 4) is 55.5 Å². The lowest BCUT2D eigenvalue weighted by molar-refractivity contribution is 0.481. The molecule has 0 aliphatic carbocycles. The quantitative estimate of drug-likeness (QED) is 0.0720. The Morgan fingerprint density at radius 1 is 0.319 bits per heavy atom. The van der Waals surface area contributed by atoms with Crippen molar-refractivity contribution >= 4 is 80.0 Å². The Morgan fingerprint density at radius 3 is 0.903 bits per heavy atom. The molecule has 0 saturated carbocycles. The lowest BCUT2D eigenvalue weighted by atomic mass is 10.0. The van der Waals surface area contributed by atoms with Gasteiger partial charge in [-0.25, -0.2) is 91.4 Å². The molecule has 45 heteroatoms. The molecular formula is C99H88F10N30O3S2. The van der Waals surface area contributed by atoms with E-state index in [4.69, 9.17) is 38.2 Å². The Hall–Kier alpha value is -16.0. The second-order valence-electron chi connectivity index (χ2n) is 35.2. The third-order valence-corrected chi connectivity index (χ3v) is 27.7. The van der Waals surface area contributed by atoms with E-state index < -0.39 is 58.2 Å². The molecule has 25 rings (SSSR count). The van der Waals surface area contributed by atoms with E-state index in [-0.39, 0.29) is 36.1 Å². The summed E-state index contributed by atoms with van der Waals surface area (Å²) in [5.41, 5.74) is 8.32. The molecule has 5 aliphatic heterocycles. The van der Waals surface area contributed by atoms with Crippen LogP contribution in [-0.4, -0.2) is 157 Å². The first-order chi connectivity index (χ1) is 70.0. The van der Waals surface area contributed by atoms with Gasteiger partial charge >= 0.3 is 0 Å². The second-order valence-corrected chi connectivity index (χ2v) is 37.5. The first kappa shape index (κ1) is 94.3. The number of nitrogens with zero attached hydrogens (tertiary/aromatic N) is 30. The first-order valence-corrected chi connectivity index (χ1v) is 48.5. The highest BCUT2D eigenvalue weighted by atomic mass is 32.1. The van der Waals surface area contributed by atoms with E-state index in [0.717, 1.165) is 145 Å². The lowest BCUT2D eigenvalue weighted by Gasteiger charge is -2.26. The summed E-state index contributed by atoms with van der Waals surface area (Å²) in [4.78, 5) is 33.9. The molecular weight excluding hydrogens is 1910 g/mol. The van der Waals surface area contributed by atoms with Crippen LogP contribution in [0.4, 0.5) is 73.0 Å². The summed E-state index contributed by atoms with van der Waals surface area (Å²) in [5.74, 6) is 1.89. The minimum Gasteiger partial charge on any atom is -0.421 e. The minimum absolute atomic E-state index is 0.114. The zero-order valence-electron chi connectivity index (χ0n) is 78.0. The van der Waals surface area contributed by atoms with E-state index in [0.29, 0.717) is 163 Å². The van der Waals surface area contributed by atoms with E-state index in [2.05, 4.69) is 76.5 Å². The Balaban J connectivity index is 0.000000106. The SMILES string of the molecule is CC(C)c1nnc(-c2cnn3ccc(N4CCCC4c4cc(F)ccc4F)nc23)o1.CCc1nnc(-c2cnn3ccc(N4CCCC4c4cc(F)ccc4F)nc23)o1.CCc1nnc(-c2cnn3ccc(N4CCCC4c4cc(F)ccc4F)nc23)s1.Cc1nnc(-c2cnn3ccc(N4CCCC4c4cc(F)ccc4F)nc23)o1.Cc1nnc(-c2cnn3ccc(N4CCCC4c4cc(F)ccc4F)nc23)s1. The monoisotopic (exact) mass is 2000 g/mol. The molecule has 0 bridgehead atoms. The highest BCUT2D eigenvalue weighted by Gasteiger charge is 2.38. The number of benzene rings is 5. The van der Waals surface area contributed by atoms with Gasteiger partial charge in [0.25, 0.3) is 17.7 Å². The second kappa shape index (κ2) is 40.2. The molecule has 5 unspecified atom stereocenters. The van der Waals surface area contributed by atoms with Gasteiger partial charge in [0.2, 0.25) is 17.7 Å². The molecule has 0 spiro atoms. The summed E-state index contributed by atoms with van der Waals surface area (Å²) in [5, 5.41) is 65.8. The van der Waals surface area contributed by atoms with Crippen molar-refractivity contribution in [2.45, 2.75) is 155 Å². The summed E-state index contributed by atoms with van der Waals surface area (Å²) in [6.07, 6.45) is 26.8. The molecule has 0 N–H and O–H groups in total. The van der Waals surface area contributed by atoms with Crippen LogP contribution in [0.3, 0.4) is 0 Å². The van der Waals surface area contributed by atoms with Crippen LogP contribution in [0.2, 0.25) is 0 Å². The molecule has 20 aromatic rings. The molecule has 15 aromatic heterocycles. The molecule has 5 atom stereocenters. The Bertz CT molecular complexity index is 7720. The lowest BCUT2D eigenvalue weighted by Crippen LogP contribution is -2.24. The van der Waals surface area contributed by atoms with E-state index in [9.17, 15) is 43.9 Å². The van der Waals surface area contributed by atoms with Crippen molar-refractivity contribution in [3.05, 3.63) is 297 Å². The number of hydrogen-bond acceptors (Lipinski definition) is 30. The molecule has 20 heterocycles. The maximum atomic E-state index is 14.4. The predicted molar refractivity (Wildman–Crippen MR) is 513 cm³/mol. The van der Waals surface area contributed by atoms with Gasteiger partial charge < -0.3 is 37.8 Å². The fourth-order valence-electron chi connectivity index (χ4n) is 18.9. The van der Waals surface area contributed by atoms with E-state index in [1.807, 2.05) is 102 Å². The predicted octanol–water partition coefficient (Wildman–Crippen LogP) is 20.8. The summed E-state index contributed by atoms with van der Waals surface area (Å²) in [7, 11) is 0. The van der Waals surface area contributed by atoms with Crippen molar-refractivity contribution in [2.24, 2.45) is 0 Å². The van der Waals surface area contributed by atoms with Gasteiger partial charge in [-0.3, -0.25) is 0 Å². The molecule has 0 amide bonds. The van der Waals surface area contributed by atoms with Gasteiger partial charge in [0.1, 0.15) is 114 Å². The summed E-state index contributed by atoms with van der Waals surface area (Å²) in [6, 6.07) is 25.8. The third kappa shape index (κ3) is 19.0. The maximum absolute atomic E-state index is 14.4. The molecule has 5 fully saturated rings. The number of halogens is 10. The molecule has 5 aromatic carbocycles. The zero-order chi connectivity index (χ0) is 99.2. The smallest absolute Gasteiger partial charge is 0.253 e. The van der Waals surface area contributed by atoms with Crippen LogP contribution in [0.25, 0.3) is 83.7 Å². The van der Waals surface area contributed by atoms with Gasteiger partial charge in [-0.2, -0.15) is 25.5 Å². The molecule has 33 nitrogen and oxygen atoms in total. The molecule has 734 valence electrons. The van der Waals surface area contributed by atoms with Gasteiger partial charge in [0.15, 0.2) is 38.3 Å². The standard InChI is InChI=1S/C21H20F2N6O.C20H18F2N6O.C20H18F2N6S.C19H16F2N6O.C19H16F2N6S/c1-12(2)20-26-27-21(30-20)15-11-24-29-9-7-18(25-19(15)29)28-8-3-4-17(28)14-10-13(22)5-6-16(14)23;2*1-2-18-25-26-20(29-18)14-11-23-28-9-7-17(24-19(14)28)27-8-3-4-16(27)13-10-12(21)5-6-15(13)22;2*1-11-24-25-19(28-11)14-10-22-27-8-6-17(23-18(14)27)26-7-2-3-16(26)13-9-12(20)4-5-15(13)21/h5-7,9-12,17H,3-4,8H2,1-2H3;2*5-7,9-11,16H,2-4,8H2,1H3;2*4-6,8-10,16H,2-3,7H2,1H3. The molecule has 0 radical (unpaired) electrons. The number of anilines is 5. The highest BCUT2D eigenvalue weighted by Crippen LogP contribution is 2.45. The summed E-state index contributed by atoms with van der Waals surface area (Å²) in [6.45, 7) is 15.1. The first-order valence-electron chi connectivity index (χ1n) is 46.9. The largest absolute Gasteiger partial charge is 0.421 e. The molecule has 5 saturated heterocycles. The third-order valence-electron chi connectivity index (χ3n) is 25.8. The van der Waals surface area contributed by atoms with Crippen LogP contribution in [0.1, 0.15) is 184 Å². The van der Waals surface area contributed by atoms with Gasteiger partial charge in [-0.05, 0) is 199 Å². The van der Waals surface area contributed by atoms with E-state index in [1.54, 1.807) is 79.1 Å². The summed E-state index contributed by atoms with van der Waals surface area (Å²) < 4.78 is 166. The molecule has 5 aliphatic rings. The average Bonchev–Trinajstić information content (AvgIpc) is 1.62. The summed E-state index contributed by atoms with van der Waals surface area (Å²) >= 11 is 3.00. The van der Waals surface area contributed by atoms with Crippen molar-refractivity contribution in [1.82, 2.24) is 124 Å². The number of aromatic nitrogens is 25. The average molecular weight is 2000 g/mol. The highest BCUT2D eigenvalue weighted by molar-refractivity contribution is 7.15. The van der Waals surface area contributed by atoms with Gasteiger partial charge in [-0.15, -0.1) is 51.0 Å². The van der Waals surface area contributed by atoms with E-state index >= 15 is 0 Å². The fourth-order valence-corrected chi connectivity index (χ4v) is 20.4. The van der Waals surface area contributed by atoms with Crippen LogP contribution in [0, 0.1) is 72.0 Å². The van der Waals surface area contributed by atoms with Crippen LogP contribution in [-0.2, 0) is 12.8 Å². The van der Waals surface area contributed by atoms with Crippen molar-refractivity contribution in [2.75, 3.05) is 57.2 Å². The van der Waals surface area contributed by atoms with Gasteiger partial charge in [-0.1, -0.05) is 50.4 Å². The van der Waals surface area contributed by atoms with Crippen molar-refractivity contribution in [3.63, 3.8) is 0 Å². The Labute approximate surface area is 821 Å². The van der Waals surface area contributed by atoms with E-state index in [1.165, 1.54) is 83.3 Å².